The number of anilines is 2. The van der Waals surface area contributed by atoms with Gasteiger partial charge in [-0.05, 0) is 71.8 Å². The van der Waals surface area contributed by atoms with Gasteiger partial charge >= 0.3 is 0 Å². The van der Waals surface area contributed by atoms with Crippen LogP contribution >= 0.6 is 23.4 Å². The fourth-order valence-corrected chi connectivity index (χ4v) is 4.72. The van der Waals surface area contributed by atoms with E-state index < -0.39 is 0 Å². The number of methoxy groups -OCH3 is 1. The van der Waals surface area contributed by atoms with Crippen LogP contribution in [0, 0.1) is 0 Å². The number of halogens is 1. The molecule has 0 saturated heterocycles. The molecule has 0 amide bonds. The molecule has 1 heterocycles. The van der Waals surface area contributed by atoms with Gasteiger partial charge in [-0.15, -0.1) is 11.8 Å². The van der Waals surface area contributed by atoms with Crippen LogP contribution in [0.25, 0.3) is 5.70 Å². The molecule has 3 aromatic rings. The molecular formula is C24H23ClN2OS. The van der Waals surface area contributed by atoms with E-state index in [-0.39, 0.29) is 5.25 Å². The lowest BCUT2D eigenvalue weighted by Crippen LogP contribution is -2.08. The van der Waals surface area contributed by atoms with Gasteiger partial charge < -0.3 is 15.0 Å². The standard InChI is InChI=1S/C24H23ClN2OS/c1-27(2)19-9-4-17(5-10-19)23-15-22(16-6-11-20(28-3)12-7-16)26-21-13-8-18(25)14-24(21)29-23/h4-15,23,26H,1-3H3/t23-/m1/s1. The summed E-state index contributed by atoms with van der Waals surface area (Å²) >= 11 is 8.09. The SMILES string of the molecule is COc1ccc(C2=C[C@H](c3ccc(N(C)C)cc3)Sc3cc(Cl)ccc3N2)cc1. The Morgan fingerprint density at radius 2 is 1.69 bits per heavy atom. The number of nitrogens with one attached hydrogen (secondary N) is 1. The topological polar surface area (TPSA) is 24.5 Å². The highest BCUT2D eigenvalue weighted by Crippen LogP contribution is 2.45. The van der Waals surface area contributed by atoms with Gasteiger partial charge in [0.1, 0.15) is 5.75 Å². The fourth-order valence-electron chi connectivity index (χ4n) is 3.27. The average molecular weight is 423 g/mol. The van der Waals surface area contributed by atoms with Crippen LogP contribution in [0.15, 0.2) is 77.7 Å². The molecule has 1 aliphatic rings. The van der Waals surface area contributed by atoms with E-state index in [0.717, 1.165) is 32.6 Å². The molecule has 0 radical (unpaired) electrons. The van der Waals surface area contributed by atoms with Gasteiger partial charge in [0.25, 0.3) is 0 Å². The highest BCUT2D eigenvalue weighted by molar-refractivity contribution is 7.99. The zero-order chi connectivity index (χ0) is 20.4. The molecule has 0 bridgehead atoms. The maximum absolute atomic E-state index is 6.29. The van der Waals surface area contributed by atoms with E-state index in [1.165, 1.54) is 11.3 Å². The lowest BCUT2D eigenvalue weighted by atomic mass is 10.1. The number of nitrogens with zero attached hydrogens (tertiary/aromatic N) is 1. The Kier molecular flexibility index (Phi) is 5.74. The minimum atomic E-state index is 0.163. The van der Waals surface area contributed by atoms with Crippen molar-refractivity contribution in [3.05, 3.63) is 89.0 Å². The van der Waals surface area contributed by atoms with E-state index in [9.17, 15) is 0 Å². The van der Waals surface area contributed by atoms with E-state index >= 15 is 0 Å². The maximum Gasteiger partial charge on any atom is 0.118 e. The minimum Gasteiger partial charge on any atom is -0.497 e. The molecule has 3 aromatic carbocycles. The molecule has 0 aromatic heterocycles. The quantitative estimate of drug-likeness (QED) is 0.504. The van der Waals surface area contributed by atoms with Crippen LogP contribution in [-0.2, 0) is 0 Å². The second-order valence-electron chi connectivity index (χ2n) is 7.10. The molecule has 1 atom stereocenters. The van der Waals surface area contributed by atoms with Crippen molar-refractivity contribution >= 4 is 40.4 Å². The Morgan fingerprint density at radius 3 is 2.34 bits per heavy atom. The lowest BCUT2D eigenvalue weighted by Gasteiger charge is -2.16. The van der Waals surface area contributed by atoms with Gasteiger partial charge in [-0.25, -0.2) is 0 Å². The van der Waals surface area contributed by atoms with E-state index in [4.69, 9.17) is 16.3 Å². The predicted octanol–water partition coefficient (Wildman–Crippen LogP) is 6.71. The summed E-state index contributed by atoms with van der Waals surface area (Å²) in [7, 11) is 5.79. The van der Waals surface area contributed by atoms with E-state index in [0.29, 0.717) is 0 Å². The molecule has 1 aliphatic heterocycles. The van der Waals surface area contributed by atoms with Crippen molar-refractivity contribution in [2.75, 3.05) is 31.4 Å². The number of thioether (sulfide) groups is 1. The highest BCUT2D eigenvalue weighted by atomic mass is 35.5. The van der Waals surface area contributed by atoms with Crippen LogP contribution in [0.2, 0.25) is 5.02 Å². The Bertz CT molecular complexity index is 1030. The van der Waals surface area contributed by atoms with Crippen LogP contribution in [0.4, 0.5) is 11.4 Å². The number of ether oxygens (including phenoxy) is 1. The van der Waals surface area contributed by atoms with E-state index in [2.05, 4.69) is 66.8 Å². The van der Waals surface area contributed by atoms with Gasteiger partial charge in [-0.2, -0.15) is 0 Å². The van der Waals surface area contributed by atoms with Gasteiger partial charge in [0, 0.05) is 35.4 Å². The zero-order valence-electron chi connectivity index (χ0n) is 16.6. The summed E-state index contributed by atoms with van der Waals surface area (Å²) in [6, 6.07) is 22.8. The van der Waals surface area contributed by atoms with Crippen LogP contribution < -0.4 is 15.0 Å². The average Bonchev–Trinajstić information content (AvgIpc) is 2.93. The molecule has 0 unspecified atom stereocenters. The smallest absolute Gasteiger partial charge is 0.118 e. The number of rotatable bonds is 4. The summed E-state index contributed by atoms with van der Waals surface area (Å²) < 4.78 is 5.31. The number of benzene rings is 3. The minimum absolute atomic E-state index is 0.163. The number of fused-ring (bicyclic) bond motifs is 1. The summed E-state index contributed by atoms with van der Waals surface area (Å²) in [5, 5.41) is 4.51. The summed E-state index contributed by atoms with van der Waals surface area (Å²) in [6.45, 7) is 0. The van der Waals surface area contributed by atoms with Crippen LogP contribution in [-0.4, -0.2) is 21.2 Å². The first-order valence-electron chi connectivity index (χ1n) is 9.40. The largest absolute Gasteiger partial charge is 0.497 e. The van der Waals surface area contributed by atoms with Gasteiger partial charge in [0.05, 0.1) is 18.0 Å². The van der Waals surface area contributed by atoms with Gasteiger partial charge in [-0.3, -0.25) is 0 Å². The Labute approximate surface area is 181 Å². The van der Waals surface area contributed by atoms with Crippen LogP contribution in [0.5, 0.6) is 5.75 Å². The lowest BCUT2D eigenvalue weighted by molar-refractivity contribution is 0.415. The molecule has 4 rings (SSSR count). The monoisotopic (exact) mass is 422 g/mol. The molecule has 0 spiro atoms. The van der Waals surface area contributed by atoms with Crippen molar-refractivity contribution in [3.63, 3.8) is 0 Å². The first-order valence-corrected chi connectivity index (χ1v) is 10.7. The van der Waals surface area contributed by atoms with Gasteiger partial charge in [0.2, 0.25) is 0 Å². The van der Waals surface area contributed by atoms with E-state index in [1.54, 1.807) is 18.9 Å². The Morgan fingerprint density at radius 1 is 0.966 bits per heavy atom. The molecule has 0 fully saturated rings. The normalized spacial score (nSPS) is 15.6. The van der Waals surface area contributed by atoms with Crippen molar-refractivity contribution in [2.45, 2.75) is 10.1 Å². The van der Waals surface area contributed by atoms with Gasteiger partial charge in [-0.1, -0.05) is 23.7 Å². The first-order chi connectivity index (χ1) is 14.0. The molecule has 1 N–H and O–H groups in total. The summed E-state index contributed by atoms with van der Waals surface area (Å²) in [5.74, 6) is 0.848. The van der Waals surface area contributed by atoms with Crippen LogP contribution in [0.1, 0.15) is 16.4 Å². The van der Waals surface area contributed by atoms with E-state index in [1.807, 2.05) is 30.3 Å². The fraction of sp³-hybridized carbons (Fsp3) is 0.167. The Balaban J connectivity index is 1.76. The Hall–Kier alpha value is -2.56. The summed E-state index contributed by atoms with van der Waals surface area (Å²) in [6.07, 6.45) is 2.28. The second kappa shape index (κ2) is 8.44. The number of hydrogen-bond acceptors (Lipinski definition) is 4. The van der Waals surface area contributed by atoms with Crippen molar-refractivity contribution in [1.82, 2.24) is 0 Å². The third-order valence-corrected chi connectivity index (χ3v) is 6.41. The van der Waals surface area contributed by atoms with Crippen molar-refractivity contribution in [3.8, 4) is 5.75 Å². The van der Waals surface area contributed by atoms with Crippen molar-refractivity contribution < 1.29 is 4.74 Å². The summed E-state index contributed by atoms with van der Waals surface area (Å²) in [5.41, 5.74) is 5.69. The maximum atomic E-state index is 6.29. The first kappa shape index (κ1) is 19.7. The second-order valence-corrected chi connectivity index (χ2v) is 8.72. The predicted molar refractivity (Wildman–Crippen MR) is 125 cm³/mol. The molecule has 0 saturated carbocycles. The third kappa shape index (κ3) is 4.39. The molecule has 148 valence electrons. The van der Waals surface area contributed by atoms with Crippen molar-refractivity contribution in [2.24, 2.45) is 0 Å². The molecule has 5 heteroatoms. The molecule has 29 heavy (non-hydrogen) atoms. The van der Waals surface area contributed by atoms with Crippen molar-refractivity contribution in [1.29, 1.82) is 0 Å². The summed E-state index contributed by atoms with van der Waals surface area (Å²) in [4.78, 5) is 3.25. The highest BCUT2D eigenvalue weighted by Gasteiger charge is 2.20. The zero-order valence-corrected chi connectivity index (χ0v) is 18.2. The molecule has 3 nitrogen and oxygen atoms in total. The third-order valence-electron chi connectivity index (χ3n) is 4.92. The molecule has 0 aliphatic carbocycles. The molecular weight excluding hydrogens is 400 g/mol. The number of hydrogen-bond donors (Lipinski definition) is 1. The van der Waals surface area contributed by atoms with Crippen LogP contribution in [0.3, 0.4) is 0 Å². The van der Waals surface area contributed by atoms with Gasteiger partial charge in [0.15, 0.2) is 0 Å².